The van der Waals surface area contributed by atoms with E-state index in [1.807, 2.05) is 6.07 Å². The van der Waals surface area contributed by atoms with Gasteiger partial charge in [-0.25, -0.2) is 4.98 Å². The van der Waals surface area contributed by atoms with Crippen molar-refractivity contribution in [1.82, 2.24) is 9.97 Å². The normalized spacial score (nSPS) is 12.2. The summed E-state index contributed by atoms with van der Waals surface area (Å²) in [4.78, 5) is 8.55. The highest BCUT2D eigenvalue weighted by atomic mass is 16.5. The van der Waals surface area contributed by atoms with Gasteiger partial charge in [-0.1, -0.05) is 13.8 Å². The summed E-state index contributed by atoms with van der Waals surface area (Å²) >= 11 is 0. The van der Waals surface area contributed by atoms with E-state index in [9.17, 15) is 0 Å². The third-order valence-electron chi connectivity index (χ3n) is 2.40. The Morgan fingerprint density at radius 1 is 1.41 bits per heavy atom. The monoisotopic (exact) mass is 238 g/mol. The van der Waals surface area contributed by atoms with Crippen molar-refractivity contribution in [3.05, 3.63) is 12.3 Å². The predicted octanol–water partition coefficient (Wildman–Crippen LogP) is 2.14. The first-order chi connectivity index (χ1) is 8.30. The molecule has 0 fully saturated rings. The quantitative estimate of drug-likeness (QED) is 0.726. The fourth-order valence-electron chi connectivity index (χ4n) is 1.43. The maximum Gasteiger partial charge on any atom is 0.224 e. The van der Waals surface area contributed by atoms with Crippen LogP contribution in [-0.4, -0.2) is 36.3 Å². The number of hydrogen-bond acceptors (Lipinski definition) is 5. The van der Waals surface area contributed by atoms with E-state index < -0.39 is 0 Å². The SMILES string of the molecule is CCCNc1nccc(NC(CC)COC)n1. The molecule has 0 aliphatic carbocycles. The van der Waals surface area contributed by atoms with E-state index in [1.54, 1.807) is 13.3 Å². The molecule has 1 aromatic rings. The van der Waals surface area contributed by atoms with Gasteiger partial charge in [0.1, 0.15) is 5.82 Å². The first-order valence-electron chi connectivity index (χ1n) is 6.12. The number of rotatable bonds is 8. The molecule has 0 spiro atoms. The molecule has 0 saturated heterocycles. The lowest BCUT2D eigenvalue weighted by Crippen LogP contribution is -2.24. The van der Waals surface area contributed by atoms with E-state index in [4.69, 9.17) is 4.74 Å². The summed E-state index contributed by atoms with van der Waals surface area (Å²) in [6, 6.07) is 2.16. The van der Waals surface area contributed by atoms with Crippen molar-refractivity contribution in [2.45, 2.75) is 32.7 Å². The van der Waals surface area contributed by atoms with E-state index in [-0.39, 0.29) is 6.04 Å². The molecule has 0 aromatic carbocycles. The average molecular weight is 238 g/mol. The van der Waals surface area contributed by atoms with E-state index in [2.05, 4.69) is 34.4 Å². The van der Waals surface area contributed by atoms with Crippen molar-refractivity contribution in [3.8, 4) is 0 Å². The highest BCUT2D eigenvalue weighted by molar-refractivity contribution is 5.40. The third kappa shape index (κ3) is 4.99. The van der Waals surface area contributed by atoms with Crippen LogP contribution in [0, 0.1) is 0 Å². The molecule has 0 saturated carbocycles. The number of hydrogen-bond donors (Lipinski definition) is 2. The summed E-state index contributed by atoms with van der Waals surface area (Å²) in [5.74, 6) is 1.51. The van der Waals surface area contributed by atoms with Gasteiger partial charge >= 0.3 is 0 Å². The lowest BCUT2D eigenvalue weighted by molar-refractivity contribution is 0.184. The van der Waals surface area contributed by atoms with Crippen LogP contribution in [0.2, 0.25) is 0 Å². The van der Waals surface area contributed by atoms with Crippen molar-refractivity contribution in [2.24, 2.45) is 0 Å². The largest absolute Gasteiger partial charge is 0.383 e. The van der Waals surface area contributed by atoms with Crippen molar-refractivity contribution < 1.29 is 4.74 Å². The molecule has 1 atom stereocenters. The molecule has 0 bridgehead atoms. The molecule has 5 nitrogen and oxygen atoms in total. The Labute approximate surface area is 103 Å². The van der Waals surface area contributed by atoms with Crippen molar-refractivity contribution in [2.75, 3.05) is 30.9 Å². The zero-order chi connectivity index (χ0) is 12.5. The predicted molar refractivity (Wildman–Crippen MR) is 70.4 cm³/mol. The summed E-state index contributed by atoms with van der Waals surface area (Å²) in [7, 11) is 1.71. The van der Waals surface area contributed by atoms with Gasteiger partial charge in [0.25, 0.3) is 0 Å². The topological polar surface area (TPSA) is 59.1 Å². The van der Waals surface area contributed by atoms with E-state index in [0.717, 1.165) is 25.2 Å². The van der Waals surface area contributed by atoms with Gasteiger partial charge in [0, 0.05) is 19.9 Å². The van der Waals surface area contributed by atoms with E-state index in [0.29, 0.717) is 12.6 Å². The Bertz CT molecular complexity index is 319. The summed E-state index contributed by atoms with van der Waals surface area (Å²) < 4.78 is 5.14. The molecule has 0 aliphatic rings. The lowest BCUT2D eigenvalue weighted by atomic mass is 10.2. The van der Waals surface area contributed by atoms with Crippen LogP contribution in [0.15, 0.2) is 12.3 Å². The maximum atomic E-state index is 5.14. The zero-order valence-corrected chi connectivity index (χ0v) is 10.9. The number of aromatic nitrogens is 2. The molecule has 0 radical (unpaired) electrons. The number of nitrogens with one attached hydrogen (secondary N) is 2. The molecule has 0 aliphatic heterocycles. The second-order valence-electron chi connectivity index (χ2n) is 3.90. The summed E-state index contributed by atoms with van der Waals surface area (Å²) in [6.45, 7) is 5.80. The molecule has 1 unspecified atom stereocenters. The average Bonchev–Trinajstić information content (AvgIpc) is 2.36. The van der Waals surface area contributed by atoms with Crippen LogP contribution in [0.4, 0.5) is 11.8 Å². The molecule has 1 heterocycles. The highest BCUT2D eigenvalue weighted by Crippen LogP contribution is 2.08. The van der Waals surface area contributed by atoms with Crippen molar-refractivity contribution in [1.29, 1.82) is 0 Å². The van der Waals surface area contributed by atoms with Gasteiger partial charge < -0.3 is 15.4 Å². The van der Waals surface area contributed by atoms with E-state index >= 15 is 0 Å². The molecular weight excluding hydrogens is 216 g/mol. The maximum absolute atomic E-state index is 5.14. The van der Waals surface area contributed by atoms with Crippen LogP contribution in [0.5, 0.6) is 0 Å². The van der Waals surface area contributed by atoms with Crippen LogP contribution >= 0.6 is 0 Å². The minimum Gasteiger partial charge on any atom is -0.383 e. The minimum atomic E-state index is 0.286. The molecule has 0 amide bonds. The number of anilines is 2. The first-order valence-corrected chi connectivity index (χ1v) is 6.12. The standard InChI is InChI=1S/C12H22N4O/c1-4-7-13-12-14-8-6-11(16-12)15-10(5-2)9-17-3/h6,8,10H,4-5,7,9H2,1-3H3,(H2,13,14,15,16). The second kappa shape index (κ2) is 7.84. The van der Waals surface area contributed by atoms with Gasteiger partial charge in [-0.2, -0.15) is 4.98 Å². The zero-order valence-electron chi connectivity index (χ0n) is 10.9. The smallest absolute Gasteiger partial charge is 0.224 e. The van der Waals surface area contributed by atoms with Crippen LogP contribution < -0.4 is 10.6 Å². The Balaban J connectivity index is 2.57. The molecule has 96 valence electrons. The van der Waals surface area contributed by atoms with Gasteiger partial charge in [-0.05, 0) is 18.9 Å². The number of methoxy groups -OCH3 is 1. The molecule has 1 rings (SSSR count). The van der Waals surface area contributed by atoms with Crippen LogP contribution in [0.3, 0.4) is 0 Å². The highest BCUT2D eigenvalue weighted by Gasteiger charge is 2.06. The molecule has 5 heteroatoms. The summed E-state index contributed by atoms with van der Waals surface area (Å²) in [6.07, 6.45) is 3.81. The van der Waals surface area contributed by atoms with Crippen LogP contribution in [0.25, 0.3) is 0 Å². The number of nitrogens with zero attached hydrogens (tertiary/aromatic N) is 2. The van der Waals surface area contributed by atoms with Crippen molar-refractivity contribution >= 4 is 11.8 Å². The van der Waals surface area contributed by atoms with Crippen molar-refractivity contribution in [3.63, 3.8) is 0 Å². The fraction of sp³-hybridized carbons (Fsp3) is 0.667. The third-order valence-corrected chi connectivity index (χ3v) is 2.40. The second-order valence-corrected chi connectivity index (χ2v) is 3.90. The minimum absolute atomic E-state index is 0.286. The Morgan fingerprint density at radius 3 is 2.88 bits per heavy atom. The van der Waals surface area contributed by atoms with Gasteiger partial charge in [0.05, 0.1) is 12.6 Å². The fourth-order valence-corrected chi connectivity index (χ4v) is 1.43. The molecule has 2 N–H and O–H groups in total. The molecular formula is C12H22N4O. The Morgan fingerprint density at radius 2 is 2.24 bits per heavy atom. The van der Waals surface area contributed by atoms with Gasteiger partial charge in [-0.15, -0.1) is 0 Å². The van der Waals surface area contributed by atoms with Crippen LogP contribution in [-0.2, 0) is 4.74 Å². The summed E-state index contributed by atoms with van der Waals surface area (Å²) in [5.41, 5.74) is 0. The Kier molecular flexibility index (Phi) is 6.32. The number of ether oxygens (including phenoxy) is 1. The van der Waals surface area contributed by atoms with E-state index in [1.165, 1.54) is 0 Å². The molecule has 17 heavy (non-hydrogen) atoms. The van der Waals surface area contributed by atoms with Gasteiger partial charge in [-0.3, -0.25) is 0 Å². The molecule has 1 aromatic heterocycles. The Hall–Kier alpha value is -1.36. The van der Waals surface area contributed by atoms with Gasteiger partial charge in [0.15, 0.2) is 0 Å². The summed E-state index contributed by atoms with van der Waals surface area (Å²) in [5, 5.41) is 6.49. The lowest BCUT2D eigenvalue weighted by Gasteiger charge is -2.16. The van der Waals surface area contributed by atoms with Crippen LogP contribution in [0.1, 0.15) is 26.7 Å². The first kappa shape index (κ1) is 13.7. The van der Waals surface area contributed by atoms with Gasteiger partial charge in [0.2, 0.25) is 5.95 Å².